The molecule has 0 aliphatic rings. The monoisotopic (exact) mass is 418 g/mol. The molecule has 29 heavy (non-hydrogen) atoms. The number of ether oxygens (including phenoxy) is 1. The number of benzene rings is 2. The number of methoxy groups -OCH3 is 1. The molecule has 2 aromatic rings. The maximum Gasteiger partial charge on any atom is 0.213 e. The molecule has 0 heterocycles. The topological polar surface area (TPSA) is 91.8 Å². The number of guanidine groups is 1. The standard InChI is InChI=1S/C21H30N4O3S/c1-3-22-21(23-14-13-18-9-11-20(28-2)12-10-18)24-15-16-29(26,27)25-17-19-7-5-4-6-8-19/h4-12,25H,3,13-17H2,1-2H3,(H2,22,23,24). The molecule has 0 saturated heterocycles. The van der Waals surface area contributed by atoms with Crippen LogP contribution in [-0.4, -0.2) is 46.9 Å². The maximum atomic E-state index is 12.2. The van der Waals surface area contributed by atoms with Gasteiger partial charge in [0.2, 0.25) is 10.0 Å². The van der Waals surface area contributed by atoms with Crippen molar-refractivity contribution in [2.24, 2.45) is 4.99 Å². The second-order valence-electron chi connectivity index (χ2n) is 6.41. The van der Waals surface area contributed by atoms with E-state index in [2.05, 4.69) is 20.3 Å². The number of hydrogen-bond acceptors (Lipinski definition) is 4. The minimum atomic E-state index is -3.39. The molecule has 0 spiro atoms. The smallest absolute Gasteiger partial charge is 0.213 e. The summed E-state index contributed by atoms with van der Waals surface area (Å²) in [5.41, 5.74) is 2.11. The molecule has 8 heteroatoms. The number of sulfonamides is 1. The summed E-state index contributed by atoms with van der Waals surface area (Å²) >= 11 is 0. The largest absolute Gasteiger partial charge is 0.497 e. The highest BCUT2D eigenvalue weighted by atomic mass is 32.2. The van der Waals surface area contributed by atoms with E-state index in [0.29, 0.717) is 19.0 Å². The van der Waals surface area contributed by atoms with Gasteiger partial charge in [0.05, 0.1) is 19.4 Å². The minimum Gasteiger partial charge on any atom is -0.497 e. The lowest BCUT2D eigenvalue weighted by molar-refractivity contribution is 0.414. The molecule has 0 atom stereocenters. The Morgan fingerprint density at radius 1 is 1.00 bits per heavy atom. The lowest BCUT2D eigenvalue weighted by Gasteiger charge is -2.12. The van der Waals surface area contributed by atoms with Crippen molar-refractivity contribution >= 4 is 16.0 Å². The molecule has 0 amide bonds. The van der Waals surface area contributed by atoms with Gasteiger partial charge in [-0.05, 0) is 36.6 Å². The molecule has 0 bridgehead atoms. The molecule has 0 saturated carbocycles. The van der Waals surface area contributed by atoms with Gasteiger partial charge in [0.1, 0.15) is 5.75 Å². The van der Waals surface area contributed by atoms with E-state index >= 15 is 0 Å². The van der Waals surface area contributed by atoms with E-state index in [1.54, 1.807) is 7.11 Å². The minimum absolute atomic E-state index is 0.0606. The van der Waals surface area contributed by atoms with Crippen molar-refractivity contribution in [1.82, 2.24) is 15.4 Å². The van der Waals surface area contributed by atoms with E-state index in [1.807, 2.05) is 61.5 Å². The first-order valence-corrected chi connectivity index (χ1v) is 11.3. The summed E-state index contributed by atoms with van der Waals surface area (Å²) in [6.07, 6.45) is 0.825. The normalized spacial score (nSPS) is 11.9. The molecule has 0 aliphatic carbocycles. The first-order chi connectivity index (χ1) is 14.0. The van der Waals surface area contributed by atoms with Gasteiger partial charge in [-0.25, -0.2) is 13.1 Å². The van der Waals surface area contributed by atoms with E-state index < -0.39 is 10.0 Å². The van der Waals surface area contributed by atoms with Crippen molar-refractivity contribution in [2.45, 2.75) is 19.9 Å². The third-order valence-electron chi connectivity index (χ3n) is 4.18. The molecule has 0 radical (unpaired) electrons. The van der Waals surface area contributed by atoms with E-state index in [4.69, 9.17) is 4.74 Å². The number of aliphatic imine (C=N–C) groups is 1. The first kappa shape index (κ1) is 22.7. The predicted octanol–water partition coefficient (Wildman–Crippen LogP) is 1.91. The van der Waals surface area contributed by atoms with Crippen LogP contribution in [0.4, 0.5) is 0 Å². The van der Waals surface area contributed by atoms with Crippen LogP contribution in [0.2, 0.25) is 0 Å². The molecule has 2 aromatic carbocycles. The van der Waals surface area contributed by atoms with Crippen LogP contribution in [0.1, 0.15) is 18.1 Å². The van der Waals surface area contributed by atoms with Gasteiger partial charge in [-0.2, -0.15) is 0 Å². The summed E-state index contributed by atoms with van der Waals surface area (Å²) in [4.78, 5) is 4.37. The number of rotatable bonds is 11. The molecule has 0 unspecified atom stereocenters. The van der Waals surface area contributed by atoms with Crippen LogP contribution in [0.3, 0.4) is 0 Å². The molecule has 2 rings (SSSR count). The average molecular weight is 419 g/mol. The van der Waals surface area contributed by atoms with Crippen molar-refractivity contribution in [3.8, 4) is 5.75 Å². The second-order valence-corrected chi connectivity index (χ2v) is 8.34. The Hall–Kier alpha value is -2.58. The summed E-state index contributed by atoms with van der Waals surface area (Å²) in [6, 6.07) is 17.3. The van der Waals surface area contributed by atoms with Crippen LogP contribution in [0.5, 0.6) is 5.75 Å². The highest BCUT2D eigenvalue weighted by molar-refractivity contribution is 7.89. The third-order valence-corrected chi connectivity index (χ3v) is 5.48. The zero-order valence-corrected chi connectivity index (χ0v) is 17.8. The van der Waals surface area contributed by atoms with Crippen molar-refractivity contribution < 1.29 is 13.2 Å². The van der Waals surface area contributed by atoms with Crippen LogP contribution in [-0.2, 0) is 23.0 Å². The van der Waals surface area contributed by atoms with E-state index in [0.717, 1.165) is 17.7 Å². The molecule has 0 fully saturated rings. The Balaban J connectivity index is 1.77. The van der Waals surface area contributed by atoms with Gasteiger partial charge in [0.25, 0.3) is 0 Å². The fourth-order valence-corrected chi connectivity index (χ4v) is 3.46. The summed E-state index contributed by atoms with van der Waals surface area (Å²) in [7, 11) is -1.74. The molecule has 158 valence electrons. The van der Waals surface area contributed by atoms with E-state index in [-0.39, 0.29) is 18.8 Å². The van der Waals surface area contributed by atoms with Gasteiger partial charge in [0.15, 0.2) is 5.96 Å². The number of nitrogens with zero attached hydrogens (tertiary/aromatic N) is 1. The molecule has 7 nitrogen and oxygen atoms in total. The summed E-state index contributed by atoms with van der Waals surface area (Å²) in [6.45, 7) is 3.83. The second kappa shape index (κ2) is 12.1. The molecular weight excluding hydrogens is 388 g/mol. The molecule has 0 aromatic heterocycles. The van der Waals surface area contributed by atoms with Gasteiger partial charge in [-0.3, -0.25) is 4.99 Å². The van der Waals surface area contributed by atoms with Crippen LogP contribution in [0, 0.1) is 0 Å². The zero-order valence-electron chi connectivity index (χ0n) is 17.0. The highest BCUT2D eigenvalue weighted by Crippen LogP contribution is 2.11. The number of hydrogen-bond donors (Lipinski definition) is 3. The lowest BCUT2D eigenvalue weighted by atomic mass is 10.1. The zero-order chi connectivity index (χ0) is 21.0. The van der Waals surface area contributed by atoms with Crippen molar-refractivity contribution in [3.05, 3.63) is 65.7 Å². The Kier molecular flexibility index (Phi) is 9.46. The highest BCUT2D eigenvalue weighted by Gasteiger charge is 2.09. The third kappa shape index (κ3) is 8.97. The van der Waals surface area contributed by atoms with Gasteiger partial charge >= 0.3 is 0 Å². The number of nitrogens with one attached hydrogen (secondary N) is 3. The van der Waals surface area contributed by atoms with Crippen LogP contribution in [0.25, 0.3) is 0 Å². The predicted molar refractivity (Wildman–Crippen MR) is 118 cm³/mol. The summed E-state index contributed by atoms with van der Waals surface area (Å²) < 4.78 is 32.1. The van der Waals surface area contributed by atoms with Crippen LogP contribution in [0.15, 0.2) is 59.6 Å². The van der Waals surface area contributed by atoms with Gasteiger partial charge in [-0.15, -0.1) is 0 Å². The van der Waals surface area contributed by atoms with Crippen molar-refractivity contribution in [1.29, 1.82) is 0 Å². The fraction of sp³-hybridized carbons (Fsp3) is 0.381. The van der Waals surface area contributed by atoms with Crippen molar-refractivity contribution in [2.75, 3.05) is 32.5 Å². The average Bonchev–Trinajstić information content (AvgIpc) is 2.73. The summed E-state index contributed by atoms with van der Waals surface area (Å²) in [5.74, 6) is 1.38. The van der Waals surface area contributed by atoms with E-state index in [1.165, 1.54) is 5.56 Å². The quantitative estimate of drug-likeness (QED) is 0.383. The van der Waals surface area contributed by atoms with E-state index in [9.17, 15) is 8.42 Å². The Morgan fingerprint density at radius 2 is 1.72 bits per heavy atom. The Bertz CT molecular complexity index is 853. The first-order valence-electron chi connectivity index (χ1n) is 9.69. The Labute approximate surface area is 173 Å². The van der Waals surface area contributed by atoms with Crippen molar-refractivity contribution in [3.63, 3.8) is 0 Å². The van der Waals surface area contributed by atoms with Crippen LogP contribution >= 0.6 is 0 Å². The Morgan fingerprint density at radius 3 is 2.38 bits per heavy atom. The van der Waals surface area contributed by atoms with Gasteiger partial charge < -0.3 is 15.4 Å². The SMILES string of the molecule is CCNC(=NCCS(=O)(=O)NCc1ccccc1)NCCc1ccc(OC)cc1. The maximum absolute atomic E-state index is 12.2. The summed E-state index contributed by atoms with van der Waals surface area (Å²) in [5, 5.41) is 6.37. The van der Waals surface area contributed by atoms with Crippen LogP contribution < -0.4 is 20.1 Å². The molecular formula is C21H30N4O3S. The van der Waals surface area contributed by atoms with Gasteiger partial charge in [-0.1, -0.05) is 42.5 Å². The molecule has 3 N–H and O–H groups in total. The fourth-order valence-electron chi connectivity index (χ4n) is 2.60. The van der Waals surface area contributed by atoms with Gasteiger partial charge in [0, 0.05) is 19.6 Å². The molecule has 0 aliphatic heterocycles. The lowest BCUT2D eigenvalue weighted by Crippen LogP contribution is -2.39.